The van der Waals surface area contributed by atoms with Crippen LogP contribution in [0.3, 0.4) is 0 Å². The zero-order chi connectivity index (χ0) is 14.4. The first-order valence-electron chi connectivity index (χ1n) is 6.52. The SMILES string of the molecule is O=[N+]([O-])c1ccc(Br)nc1NCCCN1CCOCC1. The van der Waals surface area contributed by atoms with Crippen LogP contribution in [0.5, 0.6) is 0 Å². The average molecular weight is 345 g/mol. The second kappa shape index (κ2) is 7.51. The van der Waals surface area contributed by atoms with Crippen LogP contribution in [0.2, 0.25) is 0 Å². The summed E-state index contributed by atoms with van der Waals surface area (Å²) in [6.07, 6.45) is 0.908. The monoisotopic (exact) mass is 344 g/mol. The third-order valence-electron chi connectivity index (χ3n) is 3.08. The summed E-state index contributed by atoms with van der Waals surface area (Å²) in [6.45, 7) is 5.09. The minimum Gasteiger partial charge on any atom is -0.379 e. The molecule has 2 rings (SSSR count). The molecule has 0 unspecified atom stereocenters. The molecule has 0 atom stereocenters. The first-order valence-corrected chi connectivity index (χ1v) is 7.31. The molecule has 1 aromatic rings. The van der Waals surface area contributed by atoms with Gasteiger partial charge in [-0.3, -0.25) is 15.0 Å². The van der Waals surface area contributed by atoms with E-state index in [1.807, 2.05) is 0 Å². The fraction of sp³-hybridized carbons (Fsp3) is 0.583. The second-order valence-corrected chi connectivity index (χ2v) is 5.31. The fourth-order valence-electron chi connectivity index (χ4n) is 2.04. The molecule has 20 heavy (non-hydrogen) atoms. The van der Waals surface area contributed by atoms with Crippen LogP contribution < -0.4 is 5.32 Å². The molecule has 0 radical (unpaired) electrons. The number of nitrogens with zero attached hydrogens (tertiary/aromatic N) is 3. The zero-order valence-electron chi connectivity index (χ0n) is 11.0. The molecule has 1 aliphatic heterocycles. The summed E-state index contributed by atoms with van der Waals surface area (Å²) in [6, 6.07) is 3.01. The molecular formula is C12H17BrN4O3. The standard InChI is InChI=1S/C12H17BrN4O3/c13-11-3-2-10(17(18)19)12(15-11)14-4-1-5-16-6-8-20-9-7-16/h2-3H,1,4-9H2,(H,14,15). The van der Waals surface area contributed by atoms with Gasteiger partial charge in [-0.15, -0.1) is 0 Å². The number of aromatic nitrogens is 1. The van der Waals surface area contributed by atoms with Gasteiger partial charge in [0.2, 0.25) is 5.82 Å². The molecule has 8 heteroatoms. The number of hydrogen-bond donors (Lipinski definition) is 1. The maximum absolute atomic E-state index is 10.9. The Labute approximate surface area is 125 Å². The van der Waals surface area contributed by atoms with Crippen LogP contribution in [0, 0.1) is 10.1 Å². The molecule has 1 aliphatic rings. The molecule has 0 saturated carbocycles. The second-order valence-electron chi connectivity index (χ2n) is 4.49. The van der Waals surface area contributed by atoms with Crippen molar-refractivity contribution in [3.05, 3.63) is 26.9 Å². The Bertz CT molecular complexity index is 466. The number of ether oxygens (including phenoxy) is 1. The van der Waals surface area contributed by atoms with Gasteiger partial charge in [0.05, 0.1) is 18.1 Å². The number of nitrogens with one attached hydrogen (secondary N) is 1. The molecule has 0 aliphatic carbocycles. The molecule has 1 aromatic heterocycles. The Hall–Kier alpha value is -1.25. The molecule has 0 aromatic carbocycles. The highest BCUT2D eigenvalue weighted by Gasteiger charge is 2.15. The lowest BCUT2D eigenvalue weighted by molar-refractivity contribution is -0.384. The maximum atomic E-state index is 10.9. The highest BCUT2D eigenvalue weighted by Crippen LogP contribution is 2.23. The van der Waals surface area contributed by atoms with Crippen LogP contribution >= 0.6 is 15.9 Å². The number of pyridine rings is 1. The predicted octanol–water partition coefficient (Wildman–Crippen LogP) is 1.89. The first-order chi connectivity index (χ1) is 9.66. The molecule has 7 nitrogen and oxygen atoms in total. The number of rotatable bonds is 6. The maximum Gasteiger partial charge on any atom is 0.311 e. The average Bonchev–Trinajstić information content (AvgIpc) is 2.44. The molecule has 0 spiro atoms. The van der Waals surface area contributed by atoms with Crippen molar-refractivity contribution in [1.29, 1.82) is 0 Å². The van der Waals surface area contributed by atoms with E-state index >= 15 is 0 Å². The van der Waals surface area contributed by atoms with Gasteiger partial charge in [0.15, 0.2) is 0 Å². The van der Waals surface area contributed by atoms with Crippen LogP contribution in [0.1, 0.15) is 6.42 Å². The summed E-state index contributed by atoms with van der Waals surface area (Å²) in [5, 5.41) is 13.9. The first kappa shape index (κ1) is 15.1. The quantitative estimate of drug-likeness (QED) is 0.367. The highest BCUT2D eigenvalue weighted by molar-refractivity contribution is 9.10. The van der Waals surface area contributed by atoms with Gasteiger partial charge in [-0.1, -0.05) is 0 Å². The summed E-state index contributed by atoms with van der Waals surface area (Å²) in [5.74, 6) is 0.311. The fourth-order valence-corrected chi connectivity index (χ4v) is 2.35. The third-order valence-corrected chi connectivity index (χ3v) is 3.53. The van der Waals surface area contributed by atoms with Crippen molar-refractivity contribution in [3.8, 4) is 0 Å². The van der Waals surface area contributed by atoms with Gasteiger partial charge in [0, 0.05) is 25.7 Å². The number of hydrogen-bond acceptors (Lipinski definition) is 6. The Balaban J connectivity index is 1.81. The third kappa shape index (κ3) is 4.39. The zero-order valence-corrected chi connectivity index (χ0v) is 12.6. The van der Waals surface area contributed by atoms with Gasteiger partial charge >= 0.3 is 5.69 Å². The molecule has 110 valence electrons. The van der Waals surface area contributed by atoms with Crippen molar-refractivity contribution in [3.63, 3.8) is 0 Å². The van der Waals surface area contributed by atoms with Gasteiger partial charge in [-0.05, 0) is 35.0 Å². The van der Waals surface area contributed by atoms with E-state index in [2.05, 4.69) is 31.1 Å². The van der Waals surface area contributed by atoms with Crippen LogP contribution in [0.4, 0.5) is 11.5 Å². The van der Waals surface area contributed by atoms with E-state index in [0.717, 1.165) is 39.3 Å². The van der Waals surface area contributed by atoms with E-state index in [1.165, 1.54) is 6.07 Å². The van der Waals surface area contributed by atoms with Crippen LogP contribution in [0.15, 0.2) is 16.7 Å². The number of morpholine rings is 1. The Morgan fingerprint density at radius 1 is 1.45 bits per heavy atom. The molecule has 2 heterocycles. The largest absolute Gasteiger partial charge is 0.379 e. The van der Waals surface area contributed by atoms with E-state index in [-0.39, 0.29) is 5.69 Å². The van der Waals surface area contributed by atoms with E-state index in [1.54, 1.807) is 6.07 Å². The van der Waals surface area contributed by atoms with Crippen molar-refractivity contribution in [2.45, 2.75) is 6.42 Å². The van der Waals surface area contributed by atoms with Gasteiger partial charge in [0.1, 0.15) is 4.60 Å². The highest BCUT2D eigenvalue weighted by atomic mass is 79.9. The lowest BCUT2D eigenvalue weighted by Crippen LogP contribution is -2.37. The topological polar surface area (TPSA) is 80.5 Å². The minimum absolute atomic E-state index is 0.000396. The van der Waals surface area contributed by atoms with Gasteiger partial charge < -0.3 is 10.1 Å². The summed E-state index contributed by atoms with van der Waals surface area (Å²) in [7, 11) is 0. The van der Waals surface area contributed by atoms with Crippen LogP contribution in [-0.2, 0) is 4.74 Å². The van der Waals surface area contributed by atoms with Gasteiger partial charge in [0.25, 0.3) is 0 Å². The number of nitro groups is 1. The van der Waals surface area contributed by atoms with Crippen molar-refractivity contribution in [2.24, 2.45) is 0 Å². The molecular weight excluding hydrogens is 328 g/mol. The molecule has 1 saturated heterocycles. The normalized spacial score (nSPS) is 16.1. The molecule has 1 fully saturated rings. The predicted molar refractivity (Wildman–Crippen MR) is 79.0 cm³/mol. The van der Waals surface area contributed by atoms with Crippen LogP contribution in [-0.4, -0.2) is 54.2 Å². The Morgan fingerprint density at radius 3 is 2.90 bits per heavy atom. The summed E-state index contributed by atoms with van der Waals surface area (Å²) in [4.78, 5) is 16.9. The number of anilines is 1. The summed E-state index contributed by atoms with van der Waals surface area (Å²) >= 11 is 3.22. The minimum atomic E-state index is -0.427. The van der Waals surface area contributed by atoms with Crippen molar-refractivity contribution in [1.82, 2.24) is 9.88 Å². The molecule has 1 N–H and O–H groups in total. The van der Waals surface area contributed by atoms with E-state index in [4.69, 9.17) is 4.74 Å². The summed E-state index contributed by atoms with van der Waals surface area (Å²) in [5.41, 5.74) is -0.000396. The van der Waals surface area contributed by atoms with E-state index in [0.29, 0.717) is 17.0 Å². The van der Waals surface area contributed by atoms with Gasteiger partial charge in [-0.25, -0.2) is 4.98 Å². The lowest BCUT2D eigenvalue weighted by Gasteiger charge is -2.26. The van der Waals surface area contributed by atoms with Crippen molar-refractivity contribution >= 4 is 27.4 Å². The van der Waals surface area contributed by atoms with Gasteiger partial charge in [-0.2, -0.15) is 0 Å². The lowest BCUT2D eigenvalue weighted by atomic mass is 10.3. The molecule has 0 bridgehead atoms. The summed E-state index contributed by atoms with van der Waals surface area (Å²) < 4.78 is 5.87. The smallest absolute Gasteiger partial charge is 0.311 e. The van der Waals surface area contributed by atoms with Crippen LogP contribution in [0.25, 0.3) is 0 Å². The van der Waals surface area contributed by atoms with Crippen molar-refractivity contribution < 1.29 is 9.66 Å². The number of halogens is 1. The van der Waals surface area contributed by atoms with E-state index < -0.39 is 4.92 Å². The van der Waals surface area contributed by atoms with E-state index in [9.17, 15) is 10.1 Å². The molecule has 0 amide bonds. The Kier molecular flexibility index (Phi) is 5.69. The van der Waals surface area contributed by atoms with Crippen molar-refractivity contribution in [2.75, 3.05) is 44.7 Å². The Morgan fingerprint density at radius 2 is 2.20 bits per heavy atom.